The van der Waals surface area contributed by atoms with Crippen LogP contribution in [0.3, 0.4) is 0 Å². The molecule has 1 N–H and O–H groups in total. The first kappa shape index (κ1) is 11.8. The van der Waals surface area contributed by atoms with Crippen LogP contribution in [0.4, 0.5) is 5.82 Å². The summed E-state index contributed by atoms with van der Waals surface area (Å²) >= 11 is 0. The zero-order valence-electron chi connectivity index (χ0n) is 9.68. The van der Waals surface area contributed by atoms with Crippen molar-refractivity contribution in [1.82, 2.24) is 10.5 Å². The van der Waals surface area contributed by atoms with Gasteiger partial charge in [-0.3, -0.25) is 9.63 Å². The van der Waals surface area contributed by atoms with Gasteiger partial charge in [-0.25, -0.2) is 10.5 Å². The highest BCUT2D eigenvalue weighted by Gasteiger charge is 2.19. The molecule has 1 fully saturated rings. The third-order valence-corrected chi connectivity index (χ3v) is 2.54. The van der Waals surface area contributed by atoms with Crippen LogP contribution in [-0.2, 0) is 9.57 Å². The van der Waals surface area contributed by atoms with E-state index in [-0.39, 0.29) is 5.91 Å². The molecule has 2 rings (SSSR count). The van der Waals surface area contributed by atoms with Crippen LogP contribution in [0.2, 0.25) is 0 Å². The molecule has 17 heavy (non-hydrogen) atoms. The van der Waals surface area contributed by atoms with E-state index in [1.165, 1.54) is 7.11 Å². The SMILES string of the molecule is CONC(=O)c1cccnc1N1CCOCC1. The Morgan fingerprint density at radius 3 is 3.00 bits per heavy atom. The van der Waals surface area contributed by atoms with Crippen LogP contribution in [-0.4, -0.2) is 44.3 Å². The number of pyridine rings is 1. The number of nitrogens with one attached hydrogen (secondary N) is 1. The summed E-state index contributed by atoms with van der Waals surface area (Å²) in [4.78, 5) is 22.7. The van der Waals surface area contributed by atoms with E-state index in [0.29, 0.717) is 24.6 Å². The Labute approximate surface area is 99.5 Å². The van der Waals surface area contributed by atoms with Crippen LogP contribution in [0.25, 0.3) is 0 Å². The first-order chi connectivity index (χ1) is 8.33. The van der Waals surface area contributed by atoms with E-state index in [1.807, 2.05) is 4.90 Å². The summed E-state index contributed by atoms with van der Waals surface area (Å²) in [6, 6.07) is 3.46. The van der Waals surface area contributed by atoms with Crippen molar-refractivity contribution >= 4 is 11.7 Å². The number of ether oxygens (including phenoxy) is 1. The Bertz CT molecular complexity index is 391. The molecule has 1 aliphatic heterocycles. The molecule has 0 aliphatic carbocycles. The van der Waals surface area contributed by atoms with Crippen molar-refractivity contribution < 1.29 is 14.4 Å². The molecule has 1 aromatic heterocycles. The first-order valence-electron chi connectivity index (χ1n) is 5.44. The maximum Gasteiger partial charge on any atom is 0.278 e. The van der Waals surface area contributed by atoms with Gasteiger partial charge in [-0.05, 0) is 12.1 Å². The molecule has 0 aromatic carbocycles. The molecule has 0 saturated carbocycles. The second-order valence-electron chi connectivity index (χ2n) is 3.61. The van der Waals surface area contributed by atoms with Crippen LogP contribution in [0.1, 0.15) is 10.4 Å². The molecule has 6 heteroatoms. The summed E-state index contributed by atoms with van der Waals surface area (Å²) in [5.41, 5.74) is 2.81. The average Bonchev–Trinajstić information content (AvgIpc) is 2.40. The van der Waals surface area contributed by atoms with Gasteiger partial charge in [0.25, 0.3) is 5.91 Å². The third kappa shape index (κ3) is 2.72. The number of hydroxylamine groups is 1. The molecule has 0 radical (unpaired) electrons. The normalized spacial score (nSPS) is 15.7. The smallest absolute Gasteiger partial charge is 0.278 e. The van der Waals surface area contributed by atoms with E-state index < -0.39 is 0 Å². The van der Waals surface area contributed by atoms with Crippen LogP contribution in [0.15, 0.2) is 18.3 Å². The Kier molecular flexibility index (Phi) is 3.89. The quantitative estimate of drug-likeness (QED) is 0.761. The number of rotatable bonds is 3. The highest BCUT2D eigenvalue weighted by Crippen LogP contribution is 2.18. The number of morpholine rings is 1. The predicted molar refractivity (Wildman–Crippen MR) is 61.7 cm³/mol. The van der Waals surface area contributed by atoms with E-state index in [2.05, 4.69) is 15.3 Å². The van der Waals surface area contributed by atoms with Crippen LogP contribution >= 0.6 is 0 Å². The second-order valence-corrected chi connectivity index (χ2v) is 3.61. The van der Waals surface area contributed by atoms with Crippen molar-refractivity contribution in [3.8, 4) is 0 Å². The molecule has 1 amide bonds. The van der Waals surface area contributed by atoms with Crippen molar-refractivity contribution in [2.75, 3.05) is 38.3 Å². The number of aromatic nitrogens is 1. The van der Waals surface area contributed by atoms with Gasteiger partial charge in [0.05, 0.1) is 25.9 Å². The van der Waals surface area contributed by atoms with Gasteiger partial charge in [0.2, 0.25) is 0 Å². The van der Waals surface area contributed by atoms with E-state index in [0.717, 1.165) is 13.1 Å². The molecule has 92 valence electrons. The fourth-order valence-electron chi connectivity index (χ4n) is 1.75. The summed E-state index contributed by atoms with van der Waals surface area (Å²) in [7, 11) is 1.41. The molecule has 0 bridgehead atoms. The standard InChI is InChI=1S/C11H15N3O3/c1-16-13-11(15)9-3-2-4-12-10(9)14-5-7-17-8-6-14/h2-4H,5-8H2,1H3,(H,13,15). The number of carbonyl (C=O) groups is 1. The van der Waals surface area contributed by atoms with Crippen molar-refractivity contribution in [2.45, 2.75) is 0 Å². The zero-order valence-corrected chi connectivity index (χ0v) is 9.68. The number of carbonyl (C=O) groups excluding carboxylic acids is 1. The molecule has 0 unspecified atom stereocenters. The number of nitrogens with zero attached hydrogens (tertiary/aromatic N) is 2. The Morgan fingerprint density at radius 1 is 1.53 bits per heavy atom. The monoisotopic (exact) mass is 237 g/mol. The molecule has 1 aliphatic rings. The molecular weight excluding hydrogens is 222 g/mol. The summed E-state index contributed by atoms with van der Waals surface area (Å²) in [5.74, 6) is 0.382. The van der Waals surface area contributed by atoms with Crippen molar-refractivity contribution in [1.29, 1.82) is 0 Å². The number of anilines is 1. The predicted octanol–water partition coefficient (Wildman–Crippen LogP) is 0.209. The average molecular weight is 237 g/mol. The Hall–Kier alpha value is -1.66. The van der Waals surface area contributed by atoms with Gasteiger partial charge < -0.3 is 9.64 Å². The highest BCUT2D eigenvalue weighted by atomic mass is 16.6. The van der Waals surface area contributed by atoms with Gasteiger partial charge in [0.1, 0.15) is 5.82 Å². The zero-order chi connectivity index (χ0) is 12.1. The van der Waals surface area contributed by atoms with Gasteiger partial charge in [0, 0.05) is 19.3 Å². The molecule has 1 aromatic rings. The maximum atomic E-state index is 11.8. The number of hydrogen-bond acceptors (Lipinski definition) is 5. The molecule has 0 atom stereocenters. The molecule has 2 heterocycles. The topological polar surface area (TPSA) is 63.7 Å². The number of amides is 1. The lowest BCUT2D eigenvalue weighted by molar-refractivity contribution is 0.0537. The van der Waals surface area contributed by atoms with E-state index >= 15 is 0 Å². The lowest BCUT2D eigenvalue weighted by Gasteiger charge is -2.28. The van der Waals surface area contributed by atoms with Gasteiger partial charge in [-0.1, -0.05) is 0 Å². The van der Waals surface area contributed by atoms with Crippen molar-refractivity contribution in [3.63, 3.8) is 0 Å². The minimum atomic E-state index is -0.290. The first-order valence-corrected chi connectivity index (χ1v) is 5.44. The van der Waals surface area contributed by atoms with Gasteiger partial charge in [-0.15, -0.1) is 0 Å². The summed E-state index contributed by atoms with van der Waals surface area (Å²) < 4.78 is 5.27. The molecular formula is C11H15N3O3. The highest BCUT2D eigenvalue weighted by molar-refractivity contribution is 5.98. The summed E-state index contributed by atoms with van der Waals surface area (Å²) in [6.45, 7) is 2.79. The lowest BCUT2D eigenvalue weighted by atomic mass is 10.2. The van der Waals surface area contributed by atoms with Crippen molar-refractivity contribution in [2.24, 2.45) is 0 Å². The summed E-state index contributed by atoms with van der Waals surface area (Å²) in [5, 5.41) is 0. The Morgan fingerprint density at radius 2 is 2.29 bits per heavy atom. The van der Waals surface area contributed by atoms with E-state index in [4.69, 9.17) is 4.74 Å². The third-order valence-electron chi connectivity index (χ3n) is 2.54. The van der Waals surface area contributed by atoms with Gasteiger partial charge in [-0.2, -0.15) is 0 Å². The molecule has 0 spiro atoms. The van der Waals surface area contributed by atoms with Gasteiger partial charge >= 0.3 is 0 Å². The lowest BCUT2D eigenvalue weighted by Crippen LogP contribution is -2.38. The fourth-order valence-corrected chi connectivity index (χ4v) is 1.75. The maximum absolute atomic E-state index is 11.8. The van der Waals surface area contributed by atoms with Crippen LogP contribution < -0.4 is 10.4 Å². The largest absolute Gasteiger partial charge is 0.378 e. The van der Waals surface area contributed by atoms with E-state index in [1.54, 1.807) is 18.3 Å². The number of hydrogen-bond donors (Lipinski definition) is 1. The Balaban J connectivity index is 2.23. The van der Waals surface area contributed by atoms with Crippen molar-refractivity contribution in [3.05, 3.63) is 23.9 Å². The minimum absolute atomic E-state index is 0.290. The van der Waals surface area contributed by atoms with E-state index in [9.17, 15) is 4.79 Å². The molecule has 6 nitrogen and oxygen atoms in total. The van der Waals surface area contributed by atoms with Gasteiger partial charge in [0.15, 0.2) is 0 Å². The van der Waals surface area contributed by atoms with Crippen LogP contribution in [0, 0.1) is 0 Å². The van der Waals surface area contributed by atoms with Crippen LogP contribution in [0.5, 0.6) is 0 Å². The fraction of sp³-hybridized carbons (Fsp3) is 0.455. The summed E-state index contributed by atoms with van der Waals surface area (Å²) in [6.07, 6.45) is 1.67. The molecule has 1 saturated heterocycles. The second kappa shape index (κ2) is 5.60. The minimum Gasteiger partial charge on any atom is -0.378 e.